The van der Waals surface area contributed by atoms with E-state index in [-0.39, 0.29) is 30.9 Å². The van der Waals surface area contributed by atoms with Gasteiger partial charge in [-0.1, -0.05) is 66.9 Å². The molecule has 0 saturated heterocycles. The van der Waals surface area contributed by atoms with Gasteiger partial charge < -0.3 is 10.2 Å². The van der Waals surface area contributed by atoms with Crippen molar-refractivity contribution in [2.75, 3.05) is 13.1 Å². The SMILES string of the molecule is O=C(CN(CCc1ccccc1)C(=O)Cn1nnc2ccccc21)NC1CCCCC1. The maximum Gasteiger partial charge on any atom is 0.244 e. The van der Waals surface area contributed by atoms with Crippen LogP contribution >= 0.6 is 0 Å². The lowest BCUT2D eigenvalue weighted by Gasteiger charge is -2.26. The molecule has 1 fully saturated rings. The number of hydrogen-bond donors (Lipinski definition) is 1. The minimum absolute atomic E-state index is 0.0615. The van der Waals surface area contributed by atoms with Crippen molar-refractivity contribution in [2.24, 2.45) is 0 Å². The van der Waals surface area contributed by atoms with Gasteiger partial charge in [0, 0.05) is 12.6 Å². The fourth-order valence-corrected chi connectivity index (χ4v) is 4.16. The highest BCUT2D eigenvalue weighted by Gasteiger charge is 2.21. The van der Waals surface area contributed by atoms with E-state index in [1.54, 1.807) is 9.58 Å². The summed E-state index contributed by atoms with van der Waals surface area (Å²) in [6, 6.07) is 17.8. The van der Waals surface area contributed by atoms with Crippen LogP contribution in [0.3, 0.4) is 0 Å². The average molecular weight is 420 g/mol. The van der Waals surface area contributed by atoms with Gasteiger partial charge in [-0.15, -0.1) is 5.10 Å². The highest BCUT2D eigenvalue weighted by Crippen LogP contribution is 2.17. The highest BCUT2D eigenvalue weighted by atomic mass is 16.2. The van der Waals surface area contributed by atoms with Crippen LogP contribution < -0.4 is 5.32 Å². The molecule has 1 aromatic heterocycles. The van der Waals surface area contributed by atoms with Crippen molar-refractivity contribution in [1.29, 1.82) is 0 Å². The summed E-state index contributed by atoms with van der Waals surface area (Å²) in [5.74, 6) is -0.220. The average Bonchev–Trinajstić information content (AvgIpc) is 3.21. The lowest BCUT2D eigenvalue weighted by atomic mass is 9.95. The number of carbonyl (C=O) groups is 2. The molecule has 0 bridgehead atoms. The van der Waals surface area contributed by atoms with Gasteiger partial charge in [0.05, 0.1) is 12.1 Å². The fraction of sp³-hybridized carbons (Fsp3) is 0.417. The van der Waals surface area contributed by atoms with Gasteiger partial charge in [-0.25, -0.2) is 4.68 Å². The molecule has 0 atom stereocenters. The standard InChI is InChI=1S/C24H29N5O2/c30-23(25-20-11-5-2-6-12-20)17-28(16-15-19-9-3-1-4-10-19)24(31)18-29-22-14-8-7-13-21(22)26-27-29/h1,3-4,7-10,13-14,20H,2,5-6,11-12,15-18H2,(H,25,30). The molecule has 2 amide bonds. The lowest BCUT2D eigenvalue weighted by molar-refractivity contribution is -0.137. The van der Waals surface area contributed by atoms with Crippen molar-refractivity contribution < 1.29 is 9.59 Å². The Kier molecular flexibility index (Phi) is 6.92. The first kappa shape index (κ1) is 21.0. The Morgan fingerprint density at radius 3 is 2.55 bits per heavy atom. The van der Waals surface area contributed by atoms with E-state index >= 15 is 0 Å². The second-order valence-electron chi connectivity index (χ2n) is 8.19. The van der Waals surface area contributed by atoms with Gasteiger partial charge in [0.2, 0.25) is 11.8 Å². The summed E-state index contributed by atoms with van der Waals surface area (Å²) in [5.41, 5.74) is 2.70. The molecule has 31 heavy (non-hydrogen) atoms. The number of fused-ring (bicyclic) bond motifs is 1. The van der Waals surface area contributed by atoms with E-state index in [0.29, 0.717) is 13.0 Å². The number of benzene rings is 2. The van der Waals surface area contributed by atoms with Crippen molar-refractivity contribution in [1.82, 2.24) is 25.2 Å². The van der Waals surface area contributed by atoms with Crippen molar-refractivity contribution in [3.63, 3.8) is 0 Å². The van der Waals surface area contributed by atoms with Gasteiger partial charge in [0.25, 0.3) is 0 Å². The number of aromatic nitrogens is 3. The van der Waals surface area contributed by atoms with E-state index in [1.165, 1.54) is 6.42 Å². The van der Waals surface area contributed by atoms with Gasteiger partial charge in [-0.05, 0) is 37.0 Å². The molecule has 7 heteroatoms. The zero-order chi connectivity index (χ0) is 21.5. The number of hydrogen-bond acceptors (Lipinski definition) is 4. The van der Waals surface area contributed by atoms with Crippen LogP contribution in [0.2, 0.25) is 0 Å². The van der Waals surface area contributed by atoms with Crippen LogP contribution in [0.15, 0.2) is 54.6 Å². The molecule has 162 valence electrons. The van der Waals surface area contributed by atoms with E-state index in [0.717, 1.165) is 42.3 Å². The minimum Gasteiger partial charge on any atom is -0.352 e. The van der Waals surface area contributed by atoms with Gasteiger partial charge in [-0.3, -0.25) is 9.59 Å². The van der Waals surface area contributed by atoms with Crippen molar-refractivity contribution in [3.8, 4) is 0 Å². The summed E-state index contributed by atoms with van der Waals surface area (Å²) in [7, 11) is 0. The third kappa shape index (κ3) is 5.69. The molecule has 1 aliphatic carbocycles. The van der Waals surface area contributed by atoms with E-state index in [4.69, 9.17) is 0 Å². The Balaban J connectivity index is 1.43. The second-order valence-corrected chi connectivity index (χ2v) is 8.19. The van der Waals surface area contributed by atoms with Crippen LogP contribution in [0.25, 0.3) is 11.0 Å². The summed E-state index contributed by atoms with van der Waals surface area (Å²) in [4.78, 5) is 27.5. The van der Waals surface area contributed by atoms with Crippen LogP contribution in [-0.2, 0) is 22.6 Å². The summed E-state index contributed by atoms with van der Waals surface area (Å²) >= 11 is 0. The molecular weight excluding hydrogens is 390 g/mol. The maximum atomic E-state index is 13.2. The predicted molar refractivity (Wildman–Crippen MR) is 119 cm³/mol. The number of carbonyl (C=O) groups excluding carboxylic acids is 2. The number of amides is 2. The third-order valence-corrected chi connectivity index (χ3v) is 5.88. The van der Waals surface area contributed by atoms with Crippen LogP contribution in [-0.4, -0.2) is 50.8 Å². The molecule has 1 N–H and O–H groups in total. The van der Waals surface area contributed by atoms with Gasteiger partial charge in [-0.2, -0.15) is 0 Å². The molecule has 7 nitrogen and oxygen atoms in total. The van der Waals surface area contributed by atoms with E-state index < -0.39 is 0 Å². The largest absolute Gasteiger partial charge is 0.352 e. The summed E-state index contributed by atoms with van der Waals surface area (Å²) in [6.45, 7) is 0.606. The molecule has 0 unspecified atom stereocenters. The summed E-state index contributed by atoms with van der Waals surface area (Å²) < 4.78 is 1.60. The molecular formula is C24H29N5O2. The molecule has 1 saturated carbocycles. The molecule has 1 aliphatic rings. The molecule has 0 aliphatic heterocycles. The molecule has 4 rings (SSSR count). The first-order chi connectivity index (χ1) is 15.2. The van der Waals surface area contributed by atoms with E-state index in [2.05, 4.69) is 15.6 Å². The Bertz CT molecular complexity index is 1010. The number of para-hydroxylation sites is 1. The predicted octanol–water partition coefficient (Wildman–Crippen LogP) is 2.95. The van der Waals surface area contributed by atoms with Crippen LogP contribution in [0.4, 0.5) is 0 Å². The minimum atomic E-state index is -0.134. The molecule has 0 radical (unpaired) electrons. The fourth-order valence-electron chi connectivity index (χ4n) is 4.16. The van der Waals surface area contributed by atoms with Crippen molar-refractivity contribution in [3.05, 3.63) is 60.2 Å². The summed E-state index contributed by atoms with van der Waals surface area (Å²) in [5, 5.41) is 11.4. The van der Waals surface area contributed by atoms with Gasteiger partial charge in [0.1, 0.15) is 12.1 Å². The number of nitrogens with zero attached hydrogens (tertiary/aromatic N) is 4. The quantitative estimate of drug-likeness (QED) is 0.609. The normalized spacial score (nSPS) is 14.5. The third-order valence-electron chi connectivity index (χ3n) is 5.88. The van der Waals surface area contributed by atoms with Gasteiger partial charge in [0.15, 0.2) is 0 Å². The number of nitrogens with one attached hydrogen (secondary N) is 1. The Morgan fingerprint density at radius 1 is 1.00 bits per heavy atom. The first-order valence-electron chi connectivity index (χ1n) is 11.1. The van der Waals surface area contributed by atoms with E-state index in [1.807, 2.05) is 54.6 Å². The first-order valence-corrected chi connectivity index (χ1v) is 11.1. The Labute approximate surface area is 182 Å². The smallest absolute Gasteiger partial charge is 0.244 e. The zero-order valence-electron chi connectivity index (χ0n) is 17.7. The van der Waals surface area contributed by atoms with Crippen molar-refractivity contribution >= 4 is 22.8 Å². The van der Waals surface area contributed by atoms with Crippen LogP contribution in [0, 0.1) is 0 Å². The highest BCUT2D eigenvalue weighted by molar-refractivity contribution is 5.85. The molecule has 2 aromatic carbocycles. The van der Waals surface area contributed by atoms with Crippen molar-refractivity contribution in [2.45, 2.75) is 51.1 Å². The lowest BCUT2D eigenvalue weighted by Crippen LogP contribution is -2.46. The monoisotopic (exact) mass is 419 g/mol. The molecule has 1 heterocycles. The zero-order valence-corrected chi connectivity index (χ0v) is 17.7. The number of rotatable bonds is 8. The Morgan fingerprint density at radius 2 is 1.74 bits per heavy atom. The molecule has 0 spiro atoms. The van der Waals surface area contributed by atoms with E-state index in [9.17, 15) is 9.59 Å². The maximum absolute atomic E-state index is 13.2. The second kappa shape index (κ2) is 10.2. The Hall–Kier alpha value is -3.22. The van der Waals surface area contributed by atoms with Crippen LogP contribution in [0.1, 0.15) is 37.7 Å². The molecule has 3 aromatic rings. The van der Waals surface area contributed by atoms with Gasteiger partial charge >= 0.3 is 0 Å². The topological polar surface area (TPSA) is 80.1 Å². The summed E-state index contributed by atoms with van der Waals surface area (Å²) in [6.07, 6.45) is 6.28. The van der Waals surface area contributed by atoms with Crippen LogP contribution in [0.5, 0.6) is 0 Å².